The van der Waals surface area contributed by atoms with Crippen molar-refractivity contribution in [1.82, 2.24) is 5.32 Å². The Balaban J connectivity index is 4.76. The minimum atomic E-state index is 0.00957. The van der Waals surface area contributed by atoms with Crippen molar-refractivity contribution in [2.45, 2.75) is 91.2 Å². The Morgan fingerprint density at radius 2 is 1.68 bits per heavy atom. The molecule has 0 aliphatic rings. The van der Waals surface area contributed by atoms with Gasteiger partial charge in [-0.3, -0.25) is 0 Å². The quantitative estimate of drug-likeness (QED) is 0.552. The van der Waals surface area contributed by atoms with Crippen LogP contribution >= 0.6 is 0 Å². The number of rotatable bonds is 12. The molecule has 2 nitrogen and oxygen atoms in total. The van der Waals surface area contributed by atoms with Crippen LogP contribution < -0.4 is 5.32 Å². The maximum absolute atomic E-state index is 5.94. The molecule has 0 fully saturated rings. The van der Waals surface area contributed by atoms with E-state index in [1.54, 1.807) is 0 Å². The first-order valence-corrected chi connectivity index (χ1v) is 8.42. The number of unbranched alkanes of at least 4 members (excludes halogenated alkanes) is 1. The molecule has 0 saturated heterocycles. The average Bonchev–Trinajstić information content (AvgIpc) is 2.45. The normalized spacial score (nSPS) is 15.5. The largest absolute Gasteiger partial charge is 0.377 e. The Labute approximate surface area is 121 Å². The lowest BCUT2D eigenvalue weighted by Gasteiger charge is -2.40. The first-order valence-electron chi connectivity index (χ1n) is 8.42. The van der Waals surface area contributed by atoms with Gasteiger partial charge in [0, 0.05) is 13.2 Å². The third-order valence-electron chi connectivity index (χ3n) is 4.80. The van der Waals surface area contributed by atoms with E-state index in [0.717, 1.165) is 25.3 Å². The van der Waals surface area contributed by atoms with Gasteiger partial charge in [0.15, 0.2) is 0 Å². The molecule has 0 aromatic carbocycles. The Kier molecular flexibility index (Phi) is 10.6. The van der Waals surface area contributed by atoms with Crippen LogP contribution in [0.4, 0.5) is 0 Å². The average molecular weight is 271 g/mol. The van der Waals surface area contributed by atoms with Crippen molar-refractivity contribution in [3.63, 3.8) is 0 Å². The molecule has 0 aromatic rings. The maximum atomic E-state index is 5.94. The fourth-order valence-corrected chi connectivity index (χ4v) is 3.22. The van der Waals surface area contributed by atoms with E-state index < -0.39 is 0 Å². The molecule has 19 heavy (non-hydrogen) atoms. The van der Waals surface area contributed by atoms with Crippen LogP contribution in [0, 0.1) is 5.92 Å². The topological polar surface area (TPSA) is 21.3 Å². The molecule has 2 atom stereocenters. The third-order valence-corrected chi connectivity index (χ3v) is 4.80. The smallest absolute Gasteiger partial charge is 0.0825 e. The molecule has 116 valence electrons. The molecular formula is C17H37NO. The van der Waals surface area contributed by atoms with E-state index in [1.807, 2.05) is 7.11 Å². The summed E-state index contributed by atoms with van der Waals surface area (Å²) in [5.41, 5.74) is 0.00957. The molecule has 0 bridgehead atoms. The van der Waals surface area contributed by atoms with Gasteiger partial charge in [-0.15, -0.1) is 0 Å². The lowest BCUT2D eigenvalue weighted by atomic mass is 9.80. The molecule has 0 aromatic heterocycles. The van der Waals surface area contributed by atoms with Crippen LogP contribution in [0.1, 0.15) is 79.6 Å². The molecule has 0 spiro atoms. The lowest BCUT2D eigenvalue weighted by Crippen LogP contribution is -2.52. The summed E-state index contributed by atoms with van der Waals surface area (Å²) in [6.07, 6.45) is 8.73. The van der Waals surface area contributed by atoms with Crippen molar-refractivity contribution in [2.75, 3.05) is 13.7 Å². The highest BCUT2D eigenvalue weighted by molar-refractivity contribution is 4.92. The second-order valence-corrected chi connectivity index (χ2v) is 5.74. The molecule has 0 amide bonds. The van der Waals surface area contributed by atoms with Crippen molar-refractivity contribution >= 4 is 0 Å². The van der Waals surface area contributed by atoms with Crippen molar-refractivity contribution in [2.24, 2.45) is 5.92 Å². The van der Waals surface area contributed by atoms with E-state index in [-0.39, 0.29) is 5.60 Å². The van der Waals surface area contributed by atoms with Gasteiger partial charge in [0.25, 0.3) is 0 Å². The minimum Gasteiger partial charge on any atom is -0.377 e. The minimum absolute atomic E-state index is 0.00957. The zero-order valence-electron chi connectivity index (χ0n) is 14.2. The molecule has 2 unspecified atom stereocenters. The van der Waals surface area contributed by atoms with E-state index >= 15 is 0 Å². The van der Waals surface area contributed by atoms with Crippen molar-refractivity contribution < 1.29 is 4.74 Å². The third kappa shape index (κ3) is 5.83. The molecule has 0 aliphatic carbocycles. The van der Waals surface area contributed by atoms with E-state index in [4.69, 9.17) is 4.74 Å². The Morgan fingerprint density at radius 1 is 1.05 bits per heavy atom. The van der Waals surface area contributed by atoms with Gasteiger partial charge in [0.2, 0.25) is 0 Å². The summed E-state index contributed by atoms with van der Waals surface area (Å²) in [5, 5.41) is 3.69. The highest BCUT2D eigenvalue weighted by atomic mass is 16.5. The van der Waals surface area contributed by atoms with Crippen molar-refractivity contribution in [3.05, 3.63) is 0 Å². The van der Waals surface area contributed by atoms with Gasteiger partial charge in [0.1, 0.15) is 0 Å². The van der Waals surface area contributed by atoms with Gasteiger partial charge in [-0.1, -0.05) is 60.3 Å². The van der Waals surface area contributed by atoms with Crippen LogP contribution in [0.2, 0.25) is 0 Å². The Bertz CT molecular complexity index is 193. The summed E-state index contributed by atoms with van der Waals surface area (Å²) in [6, 6.07) is 0.485. The van der Waals surface area contributed by atoms with Gasteiger partial charge in [-0.25, -0.2) is 0 Å². The summed E-state index contributed by atoms with van der Waals surface area (Å²) < 4.78 is 5.94. The van der Waals surface area contributed by atoms with Crippen molar-refractivity contribution in [3.8, 4) is 0 Å². The van der Waals surface area contributed by atoms with Crippen LogP contribution in [0.5, 0.6) is 0 Å². The van der Waals surface area contributed by atoms with Gasteiger partial charge in [0.05, 0.1) is 5.60 Å². The van der Waals surface area contributed by atoms with Crippen LogP contribution in [0.3, 0.4) is 0 Å². The first kappa shape index (κ1) is 18.9. The maximum Gasteiger partial charge on any atom is 0.0825 e. The SMILES string of the molecule is CCCCC(CC)CC(NCC)C(CC)(CC)OC. The highest BCUT2D eigenvalue weighted by Gasteiger charge is 2.36. The van der Waals surface area contributed by atoms with Gasteiger partial charge < -0.3 is 10.1 Å². The standard InChI is InChI=1S/C17H37NO/c1-7-12-13-15(8-2)14-16(18-11-5)17(9-3,10-4)19-6/h15-16,18H,7-14H2,1-6H3. The highest BCUT2D eigenvalue weighted by Crippen LogP contribution is 2.30. The molecule has 0 rings (SSSR count). The molecule has 0 radical (unpaired) electrons. The van der Waals surface area contributed by atoms with E-state index in [1.165, 1.54) is 32.1 Å². The molecule has 1 N–H and O–H groups in total. The zero-order valence-corrected chi connectivity index (χ0v) is 14.2. The summed E-state index contributed by atoms with van der Waals surface area (Å²) in [5.74, 6) is 0.830. The number of hydrogen-bond acceptors (Lipinski definition) is 2. The number of nitrogens with one attached hydrogen (secondary N) is 1. The molecular weight excluding hydrogens is 234 g/mol. The van der Waals surface area contributed by atoms with Gasteiger partial charge in [-0.2, -0.15) is 0 Å². The van der Waals surface area contributed by atoms with Crippen LogP contribution in [0.15, 0.2) is 0 Å². The van der Waals surface area contributed by atoms with Crippen LogP contribution in [-0.2, 0) is 4.74 Å². The molecule has 0 aliphatic heterocycles. The van der Waals surface area contributed by atoms with Gasteiger partial charge in [-0.05, 0) is 31.7 Å². The second-order valence-electron chi connectivity index (χ2n) is 5.74. The number of likely N-dealkylation sites (N-methyl/N-ethyl adjacent to an activating group) is 1. The van der Waals surface area contributed by atoms with E-state index in [0.29, 0.717) is 6.04 Å². The fourth-order valence-electron chi connectivity index (χ4n) is 3.22. The first-order chi connectivity index (χ1) is 9.13. The summed E-state index contributed by atoms with van der Waals surface area (Å²) in [6.45, 7) is 12.3. The van der Waals surface area contributed by atoms with Crippen LogP contribution in [0.25, 0.3) is 0 Å². The Hall–Kier alpha value is -0.0800. The summed E-state index contributed by atoms with van der Waals surface area (Å²) >= 11 is 0. The molecule has 2 heteroatoms. The Morgan fingerprint density at radius 3 is 2.05 bits per heavy atom. The van der Waals surface area contributed by atoms with Gasteiger partial charge >= 0.3 is 0 Å². The fraction of sp³-hybridized carbons (Fsp3) is 1.00. The number of hydrogen-bond donors (Lipinski definition) is 1. The number of ether oxygens (including phenoxy) is 1. The van der Waals surface area contributed by atoms with E-state index in [9.17, 15) is 0 Å². The molecule has 0 heterocycles. The molecule has 0 saturated carbocycles. The van der Waals surface area contributed by atoms with Crippen molar-refractivity contribution in [1.29, 1.82) is 0 Å². The lowest BCUT2D eigenvalue weighted by molar-refractivity contribution is -0.0531. The number of methoxy groups -OCH3 is 1. The van der Waals surface area contributed by atoms with Crippen LogP contribution in [-0.4, -0.2) is 25.3 Å². The second kappa shape index (κ2) is 10.7. The zero-order chi connectivity index (χ0) is 14.7. The predicted molar refractivity (Wildman–Crippen MR) is 85.7 cm³/mol. The monoisotopic (exact) mass is 271 g/mol. The van der Waals surface area contributed by atoms with E-state index in [2.05, 4.69) is 39.9 Å². The predicted octanol–water partition coefficient (Wildman–Crippen LogP) is 4.78. The summed E-state index contributed by atoms with van der Waals surface area (Å²) in [4.78, 5) is 0. The summed E-state index contributed by atoms with van der Waals surface area (Å²) in [7, 11) is 1.88.